The largest absolute Gasteiger partial charge is 0.456 e. The molecule has 0 bridgehead atoms. The Morgan fingerprint density at radius 1 is 0.308 bits per heavy atom. The number of nitrogens with zero attached hydrogens (tertiary/aromatic N) is 3. The van der Waals surface area contributed by atoms with E-state index in [2.05, 4.69) is 166 Å². The van der Waals surface area contributed by atoms with Gasteiger partial charge in [-0.1, -0.05) is 178 Å². The first kappa shape index (κ1) is 37.2. The second kappa shape index (κ2) is 14.3. The minimum atomic E-state index is -0.0163. The maximum absolute atomic E-state index is 6.56. The summed E-state index contributed by atoms with van der Waals surface area (Å²) in [6, 6.07) is 70.2. The molecule has 0 N–H and O–H groups in total. The van der Waals surface area contributed by atoms with Crippen LogP contribution in [0.3, 0.4) is 0 Å². The van der Waals surface area contributed by atoms with E-state index >= 15 is 0 Å². The van der Waals surface area contributed by atoms with Crippen LogP contribution >= 0.6 is 0 Å². The molecule has 5 heteroatoms. The number of para-hydroxylation sites is 1. The third kappa shape index (κ3) is 5.97. The molecule has 0 fully saturated rings. The van der Waals surface area contributed by atoms with Crippen LogP contribution in [0.1, 0.15) is 25.0 Å². The Bertz CT molecular complexity index is 3840. The summed E-state index contributed by atoms with van der Waals surface area (Å²) in [4.78, 5) is 15.7. The summed E-state index contributed by atoms with van der Waals surface area (Å²) in [6.45, 7) is 4.65. The molecule has 0 atom stereocenters. The molecule has 306 valence electrons. The van der Waals surface area contributed by atoms with Gasteiger partial charge in [-0.3, -0.25) is 0 Å². The van der Waals surface area contributed by atoms with Crippen LogP contribution < -0.4 is 0 Å². The molecule has 0 amide bonds. The lowest BCUT2D eigenvalue weighted by Gasteiger charge is -2.21. The molecule has 0 saturated heterocycles. The molecule has 12 aromatic rings. The molecule has 1 aliphatic carbocycles. The summed E-state index contributed by atoms with van der Waals surface area (Å²) in [5.41, 5.74) is 18.1. The quantitative estimate of drug-likeness (QED) is 0.167. The lowest BCUT2D eigenvalue weighted by molar-refractivity contribution is 0.660. The van der Waals surface area contributed by atoms with Gasteiger partial charge in [-0.05, 0) is 92.0 Å². The van der Waals surface area contributed by atoms with Crippen molar-refractivity contribution in [1.82, 2.24) is 15.0 Å². The molecule has 0 spiro atoms. The second-order valence-electron chi connectivity index (χ2n) is 17.5. The van der Waals surface area contributed by atoms with Crippen LogP contribution in [0, 0.1) is 0 Å². The van der Waals surface area contributed by atoms with E-state index in [9.17, 15) is 0 Å². The van der Waals surface area contributed by atoms with Crippen molar-refractivity contribution in [2.24, 2.45) is 0 Å². The zero-order valence-corrected chi connectivity index (χ0v) is 35.7. The van der Waals surface area contributed by atoms with Crippen LogP contribution in [0.2, 0.25) is 0 Å². The van der Waals surface area contributed by atoms with E-state index in [-0.39, 0.29) is 5.41 Å². The van der Waals surface area contributed by atoms with Crippen LogP contribution in [-0.2, 0) is 5.41 Å². The van der Waals surface area contributed by atoms with Crippen molar-refractivity contribution in [2.45, 2.75) is 19.3 Å². The third-order valence-corrected chi connectivity index (χ3v) is 13.4. The third-order valence-electron chi connectivity index (χ3n) is 13.4. The van der Waals surface area contributed by atoms with Crippen molar-refractivity contribution >= 4 is 43.9 Å². The Kier molecular flexibility index (Phi) is 8.18. The van der Waals surface area contributed by atoms with Crippen LogP contribution in [0.4, 0.5) is 0 Å². The SMILES string of the molecule is CC1(C)c2ccccc2-c2cc(-c3ccc(-c4ccc5oc6cccc(-c7nc(-c8ccc(-c9ccccc9)cc8)nc(-c8cccc9oc%10ccccc%10c89)n7)c6c5c4)cc3)ccc21. The molecule has 9 aromatic carbocycles. The number of fused-ring (bicyclic) bond motifs is 9. The van der Waals surface area contributed by atoms with Crippen molar-refractivity contribution in [2.75, 3.05) is 0 Å². The van der Waals surface area contributed by atoms with E-state index < -0.39 is 0 Å². The molecular formula is C60H39N3O2. The fourth-order valence-corrected chi connectivity index (χ4v) is 10.1. The molecule has 1 aliphatic rings. The fourth-order valence-electron chi connectivity index (χ4n) is 10.1. The van der Waals surface area contributed by atoms with E-state index in [0.29, 0.717) is 17.5 Å². The minimum Gasteiger partial charge on any atom is -0.456 e. The normalized spacial score (nSPS) is 12.9. The number of benzene rings is 9. The van der Waals surface area contributed by atoms with Crippen LogP contribution in [0.5, 0.6) is 0 Å². The van der Waals surface area contributed by atoms with E-state index in [1.54, 1.807) is 0 Å². The number of hydrogen-bond acceptors (Lipinski definition) is 5. The average molecular weight is 834 g/mol. The Balaban J connectivity index is 0.930. The van der Waals surface area contributed by atoms with Crippen molar-refractivity contribution in [3.8, 4) is 78.7 Å². The highest BCUT2D eigenvalue weighted by atomic mass is 16.3. The van der Waals surface area contributed by atoms with Gasteiger partial charge in [0.2, 0.25) is 0 Å². The van der Waals surface area contributed by atoms with Gasteiger partial charge in [-0.15, -0.1) is 0 Å². The summed E-state index contributed by atoms with van der Waals surface area (Å²) in [7, 11) is 0. The standard InChI is InChI=1S/C60H39N3O2/c1-60(2)49-18-8-6-14-43(49)47-34-41(30-32-50(47)60)38-22-24-39(25-23-38)42-31-33-52-48(35-42)56-46(17-11-21-54(56)65-52)59-62-57(40-28-26-37(27-29-40)36-12-4-3-5-13-36)61-58(63-59)45-16-10-20-53-55(45)44-15-7-9-19-51(44)64-53/h3-35H,1-2H3. The van der Waals surface area contributed by atoms with Gasteiger partial charge in [0.15, 0.2) is 17.5 Å². The van der Waals surface area contributed by atoms with Gasteiger partial charge < -0.3 is 8.83 Å². The number of furan rings is 2. The Hall–Kier alpha value is -8.41. The highest BCUT2D eigenvalue weighted by Gasteiger charge is 2.35. The van der Waals surface area contributed by atoms with Crippen LogP contribution in [-0.4, -0.2) is 15.0 Å². The number of aromatic nitrogens is 3. The zero-order valence-electron chi connectivity index (χ0n) is 35.7. The summed E-state index contributed by atoms with van der Waals surface area (Å²) < 4.78 is 12.9. The van der Waals surface area contributed by atoms with E-state index in [1.165, 1.54) is 33.4 Å². The Labute approximate surface area is 375 Å². The minimum absolute atomic E-state index is 0.0163. The van der Waals surface area contributed by atoms with E-state index in [0.717, 1.165) is 82.8 Å². The topological polar surface area (TPSA) is 65.0 Å². The van der Waals surface area contributed by atoms with Crippen molar-refractivity contribution in [3.05, 3.63) is 211 Å². The predicted molar refractivity (Wildman–Crippen MR) is 265 cm³/mol. The molecule has 0 radical (unpaired) electrons. The van der Waals surface area contributed by atoms with Crippen molar-refractivity contribution in [3.63, 3.8) is 0 Å². The zero-order chi connectivity index (χ0) is 43.2. The van der Waals surface area contributed by atoms with Gasteiger partial charge >= 0.3 is 0 Å². The second-order valence-corrected chi connectivity index (χ2v) is 17.5. The highest BCUT2D eigenvalue weighted by Crippen LogP contribution is 2.50. The summed E-state index contributed by atoms with van der Waals surface area (Å²) >= 11 is 0. The molecule has 3 aromatic heterocycles. The Morgan fingerprint density at radius 3 is 1.48 bits per heavy atom. The lowest BCUT2D eigenvalue weighted by atomic mass is 9.82. The van der Waals surface area contributed by atoms with Gasteiger partial charge in [-0.25, -0.2) is 15.0 Å². The molecule has 3 heterocycles. The first-order valence-electron chi connectivity index (χ1n) is 22.1. The average Bonchev–Trinajstić information content (AvgIpc) is 4.01. The molecule has 13 rings (SSSR count). The van der Waals surface area contributed by atoms with Gasteiger partial charge in [0.25, 0.3) is 0 Å². The maximum atomic E-state index is 6.56. The first-order chi connectivity index (χ1) is 31.9. The van der Waals surface area contributed by atoms with Crippen molar-refractivity contribution in [1.29, 1.82) is 0 Å². The molecular weight excluding hydrogens is 795 g/mol. The van der Waals surface area contributed by atoms with Crippen LogP contribution in [0.25, 0.3) is 123 Å². The molecule has 0 unspecified atom stereocenters. The molecule has 0 aliphatic heterocycles. The summed E-state index contributed by atoms with van der Waals surface area (Å²) in [6.07, 6.45) is 0. The first-order valence-corrected chi connectivity index (χ1v) is 22.1. The smallest absolute Gasteiger partial charge is 0.164 e. The summed E-state index contributed by atoms with van der Waals surface area (Å²) in [5, 5.41) is 3.94. The van der Waals surface area contributed by atoms with Crippen LogP contribution in [0.15, 0.2) is 209 Å². The van der Waals surface area contributed by atoms with Gasteiger partial charge in [0.1, 0.15) is 22.3 Å². The predicted octanol–water partition coefficient (Wildman–Crippen LogP) is 16.0. The van der Waals surface area contributed by atoms with E-state index in [1.807, 2.05) is 48.5 Å². The van der Waals surface area contributed by atoms with Gasteiger partial charge in [0.05, 0.1) is 0 Å². The number of rotatable bonds is 6. The van der Waals surface area contributed by atoms with Crippen molar-refractivity contribution < 1.29 is 8.83 Å². The lowest BCUT2D eigenvalue weighted by Crippen LogP contribution is -2.14. The summed E-state index contributed by atoms with van der Waals surface area (Å²) in [5.74, 6) is 1.71. The van der Waals surface area contributed by atoms with Gasteiger partial charge in [0, 0.05) is 43.7 Å². The van der Waals surface area contributed by atoms with Gasteiger partial charge in [-0.2, -0.15) is 0 Å². The molecule has 0 saturated carbocycles. The maximum Gasteiger partial charge on any atom is 0.164 e. The molecule has 65 heavy (non-hydrogen) atoms. The Morgan fingerprint density at radius 2 is 0.769 bits per heavy atom. The van der Waals surface area contributed by atoms with E-state index in [4.69, 9.17) is 23.8 Å². The molecule has 5 nitrogen and oxygen atoms in total. The highest BCUT2D eigenvalue weighted by molar-refractivity contribution is 6.14. The fraction of sp³-hybridized carbons (Fsp3) is 0.0500. The monoisotopic (exact) mass is 833 g/mol. The number of hydrogen-bond donors (Lipinski definition) is 0.